The van der Waals surface area contributed by atoms with Gasteiger partial charge in [-0.15, -0.1) is 0 Å². The van der Waals surface area contributed by atoms with E-state index < -0.39 is 0 Å². The molecule has 0 aliphatic carbocycles. The molecule has 0 atom stereocenters. The Morgan fingerprint density at radius 2 is 0.917 bits per heavy atom. The van der Waals surface area contributed by atoms with E-state index in [-0.39, 0.29) is 21.7 Å². The first-order chi connectivity index (χ1) is 40.2. The Morgan fingerprint density at radius 3 is 1.50 bits per heavy atom. The van der Waals surface area contributed by atoms with Gasteiger partial charge in [0.25, 0.3) is 0 Å². The quantitative estimate of drug-likeness (QED) is 0.109. The summed E-state index contributed by atoms with van der Waals surface area (Å²) in [4.78, 5) is 10.1. The number of nitrogens with zero attached hydrogens (tertiary/aromatic N) is 4. The van der Waals surface area contributed by atoms with E-state index in [4.69, 9.17) is 9.72 Å². The van der Waals surface area contributed by atoms with Gasteiger partial charge < -0.3 is 14.5 Å². The predicted molar refractivity (Wildman–Crippen MR) is 355 cm³/mol. The van der Waals surface area contributed by atoms with Gasteiger partial charge in [-0.3, -0.25) is 4.57 Å². The smallest absolute Gasteiger partial charge is 0.137 e. The van der Waals surface area contributed by atoms with Crippen molar-refractivity contribution >= 4 is 44.6 Å². The average molecular weight is 1100 g/mol. The molecule has 11 aromatic rings. The van der Waals surface area contributed by atoms with Crippen LogP contribution in [0.3, 0.4) is 0 Å². The molecule has 1 aliphatic rings. The van der Waals surface area contributed by atoms with Crippen molar-refractivity contribution in [2.24, 2.45) is 0 Å². The normalized spacial score (nSPS) is 13.2. The van der Waals surface area contributed by atoms with Crippen LogP contribution in [0.4, 0.5) is 22.7 Å². The zero-order valence-corrected chi connectivity index (χ0v) is 51.4. The third-order valence-corrected chi connectivity index (χ3v) is 18.3. The van der Waals surface area contributed by atoms with Crippen LogP contribution in [0, 0.1) is 0 Å². The van der Waals surface area contributed by atoms with Gasteiger partial charge in [-0.05, 0) is 145 Å². The van der Waals surface area contributed by atoms with E-state index in [2.05, 4.69) is 323 Å². The van der Waals surface area contributed by atoms with E-state index >= 15 is 0 Å². The molecule has 422 valence electrons. The molecule has 0 N–H and O–H groups in total. The van der Waals surface area contributed by atoms with Crippen molar-refractivity contribution in [2.75, 3.05) is 16.5 Å². The summed E-state index contributed by atoms with van der Waals surface area (Å²) in [5, 5.41) is 2.32. The van der Waals surface area contributed by atoms with Gasteiger partial charge >= 0.3 is 0 Å². The molecule has 5 heteroatoms. The highest BCUT2D eigenvalue weighted by Crippen LogP contribution is 2.51. The maximum atomic E-state index is 7.21. The lowest BCUT2D eigenvalue weighted by Gasteiger charge is -2.33. The van der Waals surface area contributed by atoms with Crippen LogP contribution in [0.1, 0.15) is 152 Å². The van der Waals surface area contributed by atoms with Crippen molar-refractivity contribution in [3.63, 3.8) is 0 Å². The molecular weight excluding hydrogens is 1020 g/mol. The zero-order valence-electron chi connectivity index (χ0n) is 51.4. The van der Waals surface area contributed by atoms with E-state index in [0.717, 1.165) is 50.8 Å². The lowest BCUT2D eigenvalue weighted by atomic mass is 9.73. The second-order valence-electron chi connectivity index (χ2n) is 26.6. The summed E-state index contributed by atoms with van der Waals surface area (Å²) in [5.41, 5.74) is 19.7. The minimum Gasteiger partial charge on any atom is -0.457 e. The third-order valence-electron chi connectivity index (χ3n) is 18.3. The topological polar surface area (TPSA) is 33.5 Å². The number of aromatic nitrogens is 2. The molecule has 3 heterocycles. The number of para-hydroxylation sites is 1. The monoisotopic (exact) mass is 1100 g/mol. The lowest BCUT2D eigenvalue weighted by molar-refractivity contribution is 0.479. The summed E-state index contributed by atoms with van der Waals surface area (Å²) < 4.78 is 9.51. The van der Waals surface area contributed by atoms with Crippen molar-refractivity contribution < 1.29 is 4.74 Å². The van der Waals surface area contributed by atoms with Crippen molar-refractivity contribution in [1.82, 2.24) is 9.55 Å². The molecule has 0 fully saturated rings. The maximum absolute atomic E-state index is 7.21. The van der Waals surface area contributed by atoms with E-state index in [1.54, 1.807) is 0 Å². The first-order valence-electron chi connectivity index (χ1n) is 30.2. The van der Waals surface area contributed by atoms with Crippen molar-refractivity contribution in [3.05, 3.63) is 275 Å². The fraction of sp³-hybridized carbons (Fsp3) is 0.253. The molecular formula is C79H80N4O. The number of fused-ring (bicyclic) bond motifs is 4. The number of pyridine rings is 1. The Bertz CT molecular complexity index is 4120. The summed E-state index contributed by atoms with van der Waals surface area (Å²) in [6.07, 6.45) is 1.95. The fourth-order valence-electron chi connectivity index (χ4n) is 12.9. The highest BCUT2D eigenvalue weighted by molar-refractivity contribution is 6.09. The molecule has 0 unspecified atom stereocenters. The molecule has 0 saturated carbocycles. The number of benzene rings is 9. The lowest BCUT2D eigenvalue weighted by Crippen LogP contribution is -2.27. The van der Waals surface area contributed by atoms with Gasteiger partial charge in [-0.1, -0.05) is 230 Å². The van der Waals surface area contributed by atoms with Crippen molar-refractivity contribution in [2.45, 2.75) is 124 Å². The number of hydrogen-bond acceptors (Lipinski definition) is 4. The Morgan fingerprint density at radius 1 is 0.393 bits per heavy atom. The Balaban J connectivity index is 1.01. The van der Waals surface area contributed by atoms with Crippen LogP contribution >= 0.6 is 0 Å². The minimum atomic E-state index is -0.296. The minimum absolute atomic E-state index is 0.191. The van der Waals surface area contributed by atoms with Crippen LogP contribution in [0.15, 0.2) is 225 Å². The maximum Gasteiger partial charge on any atom is 0.137 e. The van der Waals surface area contributed by atoms with E-state index in [9.17, 15) is 0 Å². The van der Waals surface area contributed by atoms with Crippen LogP contribution < -0.4 is 14.5 Å². The molecule has 1 aliphatic heterocycles. The molecule has 9 aromatic carbocycles. The first kappa shape index (κ1) is 55.8. The summed E-state index contributed by atoms with van der Waals surface area (Å²) in [5.74, 6) is 3.11. The highest BCUT2D eigenvalue weighted by Gasteiger charge is 2.35. The van der Waals surface area contributed by atoms with Crippen molar-refractivity contribution in [1.29, 1.82) is 0 Å². The molecule has 2 aromatic heterocycles. The molecule has 0 bridgehead atoms. The number of anilines is 4. The highest BCUT2D eigenvalue weighted by atomic mass is 16.5. The van der Waals surface area contributed by atoms with Crippen LogP contribution in [-0.4, -0.2) is 16.2 Å². The largest absolute Gasteiger partial charge is 0.457 e. The summed E-state index contributed by atoms with van der Waals surface area (Å²) in [6.45, 7) is 30.9. The van der Waals surface area contributed by atoms with Crippen LogP contribution in [0.25, 0.3) is 38.8 Å². The second-order valence-corrected chi connectivity index (χ2v) is 26.6. The number of ether oxygens (including phenoxy) is 1. The van der Waals surface area contributed by atoms with Gasteiger partial charge in [0.05, 0.1) is 22.4 Å². The first-order valence-corrected chi connectivity index (χ1v) is 30.2. The molecule has 0 radical (unpaired) electrons. The van der Waals surface area contributed by atoms with E-state index in [1.807, 2.05) is 6.20 Å². The Kier molecular flexibility index (Phi) is 14.3. The van der Waals surface area contributed by atoms with E-state index in [1.165, 1.54) is 72.3 Å². The number of rotatable bonds is 14. The van der Waals surface area contributed by atoms with E-state index in [0.29, 0.717) is 18.5 Å². The van der Waals surface area contributed by atoms with Gasteiger partial charge in [0.15, 0.2) is 0 Å². The van der Waals surface area contributed by atoms with Gasteiger partial charge in [-0.2, -0.15) is 0 Å². The second kappa shape index (κ2) is 21.5. The molecule has 0 amide bonds. The van der Waals surface area contributed by atoms with Crippen LogP contribution in [0.2, 0.25) is 0 Å². The Labute approximate surface area is 499 Å². The van der Waals surface area contributed by atoms with Gasteiger partial charge in [0.2, 0.25) is 0 Å². The predicted octanol–water partition coefficient (Wildman–Crippen LogP) is 21.4. The SMILES string of the molecule is CC(C)c1cccc(C(C)C)c1-c1ccc2c(c1)N(c1cc(C(C)(C)c3ccccc3)cc(C(C)(C)c3ccccc3)c1)CN2c1cc(Oc2ccc3c4ccccc4n(-c4cc(C(C)(C)c5ccccc5)ccn4)c3c2)cc(C(C)(C)C)c1. The standard InChI is InChI=1S/C79H80N4O/c1-52(2)66-33-25-34-67(53(3)4)75(66)54-36-39-71-73(42-54)82(62-45-60(78(10,11)56-28-19-15-20-29-56)43-61(46-62)79(12,13)57-30-21-16-22-31-57)51-81(71)63-44-59(76(5,6)7)47-65(49-63)84-64-37-38-69-68-32-23-24-35-70(68)83(72(69)50-64)74-48-58(40-41-80-74)77(8,9)55-26-17-14-18-27-55/h14-50,52-53H,51H2,1-13H3. The van der Waals surface area contributed by atoms with Gasteiger partial charge in [0.1, 0.15) is 24.0 Å². The van der Waals surface area contributed by atoms with Gasteiger partial charge in [0, 0.05) is 56.7 Å². The average Bonchev–Trinajstić information content (AvgIpc) is 2.33. The molecule has 0 saturated heterocycles. The molecule has 84 heavy (non-hydrogen) atoms. The van der Waals surface area contributed by atoms with Gasteiger partial charge in [-0.25, -0.2) is 4.98 Å². The summed E-state index contributed by atoms with van der Waals surface area (Å²) in [7, 11) is 0. The molecule has 0 spiro atoms. The van der Waals surface area contributed by atoms with Crippen LogP contribution in [-0.2, 0) is 21.7 Å². The third kappa shape index (κ3) is 10.2. The fourth-order valence-corrected chi connectivity index (χ4v) is 12.9. The number of hydrogen-bond donors (Lipinski definition) is 0. The summed E-state index contributed by atoms with van der Waals surface area (Å²) in [6, 6.07) is 80.7. The van der Waals surface area contributed by atoms with Crippen LogP contribution in [0.5, 0.6) is 11.5 Å². The zero-order chi connectivity index (χ0) is 58.9. The van der Waals surface area contributed by atoms with Crippen molar-refractivity contribution in [3.8, 4) is 28.4 Å². The Hall–Kier alpha value is -8.67. The molecule has 5 nitrogen and oxygen atoms in total. The molecule has 12 rings (SSSR count). The summed E-state index contributed by atoms with van der Waals surface area (Å²) >= 11 is 0.